The number of hydrogen-bond acceptors (Lipinski definition) is 5. The van der Waals surface area contributed by atoms with Crippen LogP contribution in [0.5, 0.6) is 5.75 Å². The highest BCUT2D eigenvalue weighted by Gasteiger charge is 2.21. The van der Waals surface area contributed by atoms with Crippen molar-refractivity contribution in [2.75, 3.05) is 13.2 Å². The highest BCUT2D eigenvalue weighted by molar-refractivity contribution is 7.84. The van der Waals surface area contributed by atoms with Gasteiger partial charge in [0, 0.05) is 19.4 Å². The van der Waals surface area contributed by atoms with Crippen LogP contribution in [0.3, 0.4) is 0 Å². The maximum Gasteiger partial charge on any atom is 0.122 e. The molecule has 3 rings (SSSR count). The molecule has 164 valence electrons. The van der Waals surface area contributed by atoms with Crippen LogP contribution in [0.15, 0.2) is 58.8 Å². The van der Waals surface area contributed by atoms with Crippen LogP contribution in [0, 0.1) is 17.2 Å². The predicted molar refractivity (Wildman–Crippen MR) is 128 cm³/mol. The standard InChI is InChI=1S/C25H32N4OS/c1-3-30-23-10-5-4-7-20(23)8-6-9-21(16-26)22-12-11-19(15-24(22)31)17-27-18-25-28-13-14-29(25)2/h4-5,7,9-10,13-14,19,27,31H,3,6,8,11-12,15,17-18H2,1-2H3/b21-9+. The molecule has 1 N–H and O–H groups in total. The Morgan fingerprint density at radius 2 is 2.26 bits per heavy atom. The van der Waals surface area contributed by atoms with Crippen molar-refractivity contribution in [2.45, 2.75) is 45.6 Å². The first kappa shape index (κ1) is 23.2. The normalized spacial score (nSPS) is 17.0. The zero-order valence-electron chi connectivity index (χ0n) is 18.5. The predicted octanol–water partition coefficient (Wildman–Crippen LogP) is 4.98. The first-order valence-electron chi connectivity index (χ1n) is 11.0. The van der Waals surface area contributed by atoms with Crippen LogP contribution in [0.2, 0.25) is 0 Å². The van der Waals surface area contributed by atoms with Gasteiger partial charge < -0.3 is 14.6 Å². The van der Waals surface area contributed by atoms with Gasteiger partial charge in [0.05, 0.1) is 24.8 Å². The molecule has 0 saturated heterocycles. The van der Waals surface area contributed by atoms with Crippen molar-refractivity contribution in [3.05, 3.63) is 70.2 Å². The molecule has 1 unspecified atom stereocenters. The number of aromatic nitrogens is 2. The van der Waals surface area contributed by atoms with Crippen molar-refractivity contribution >= 4 is 12.6 Å². The molecule has 0 spiro atoms. The minimum atomic E-state index is 0.537. The molecular weight excluding hydrogens is 404 g/mol. The Morgan fingerprint density at radius 1 is 1.42 bits per heavy atom. The van der Waals surface area contributed by atoms with E-state index >= 15 is 0 Å². The summed E-state index contributed by atoms with van der Waals surface area (Å²) in [5, 5.41) is 13.3. The van der Waals surface area contributed by atoms with Gasteiger partial charge in [-0.2, -0.15) is 5.26 Å². The third-order valence-electron chi connectivity index (χ3n) is 5.75. The van der Waals surface area contributed by atoms with Crippen molar-refractivity contribution in [2.24, 2.45) is 13.0 Å². The number of nitrogens with one attached hydrogen (secondary N) is 1. The van der Waals surface area contributed by atoms with Crippen LogP contribution in [0.25, 0.3) is 0 Å². The Hall–Kier alpha value is -2.49. The number of allylic oxidation sites excluding steroid dienone is 4. The zero-order valence-corrected chi connectivity index (χ0v) is 19.4. The quantitative estimate of drug-likeness (QED) is 0.407. The van der Waals surface area contributed by atoms with Gasteiger partial charge in [-0.15, -0.1) is 12.6 Å². The van der Waals surface area contributed by atoms with E-state index in [9.17, 15) is 5.26 Å². The molecule has 0 saturated carbocycles. The second-order valence-electron chi connectivity index (χ2n) is 7.93. The van der Waals surface area contributed by atoms with Gasteiger partial charge in [-0.05, 0) is 73.6 Å². The lowest BCUT2D eigenvalue weighted by molar-refractivity contribution is 0.336. The second kappa shape index (κ2) is 11.8. The minimum absolute atomic E-state index is 0.537. The Labute approximate surface area is 191 Å². The van der Waals surface area contributed by atoms with E-state index in [-0.39, 0.29) is 0 Å². The molecule has 6 heteroatoms. The van der Waals surface area contributed by atoms with Gasteiger partial charge in [-0.1, -0.05) is 24.3 Å². The van der Waals surface area contributed by atoms with Crippen LogP contribution in [-0.2, 0) is 20.0 Å². The first-order valence-corrected chi connectivity index (χ1v) is 11.5. The third-order valence-corrected chi connectivity index (χ3v) is 6.20. The topological polar surface area (TPSA) is 62.9 Å². The fourth-order valence-electron chi connectivity index (χ4n) is 4.03. The number of benzene rings is 1. The molecule has 0 amide bonds. The van der Waals surface area contributed by atoms with E-state index in [0.717, 1.165) is 72.8 Å². The van der Waals surface area contributed by atoms with Crippen molar-refractivity contribution in [3.63, 3.8) is 0 Å². The lowest BCUT2D eigenvalue weighted by atomic mass is 9.86. The highest BCUT2D eigenvalue weighted by Crippen LogP contribution is 2.35. The van der Waals surface area contributed by atoms with E-state index in [0.29, 0.717) is 12.5 Å². The van der Waals surface area contributed by atoms with Gasteiger partial charge in [0.2, 0.25) is 0 Å². The molecule has 31 heavy (non-hydrogen) atoms. The largest absolute Gasteiger partial charge is 0.494 e. The average molecular weight is 437 g/mol. The molecule has 0 radical (unpaired) electrons. The molecule has 1 aromatic heterocycles. The van der Waals surface area contributed by atoms with Gasteiger partial charge in [-0.25, -0.2) is 4.98 Å². The zero-order chi connectivity index (χ0) is 22.1. The summed E-state index contributed by atoms with van der Waals surface area (Å²) < 4.78 is 7.74. The molecule has 0 bridgehead atoms. The molecular formula is C25H32N4OS. The van der Waals surface area contributed by atoms with E-state index in [4.69, 9.17) is 17.4 Å². The van der Waals surface area contributed by atoms with E-state index in [1.54, 1.807) is 0 Å². The van der Waals surface area contributed by atoms with Crippen molar-refractivity contribution in [3.8, 4) is 11.8 Å². The summed E-state index contributed by atoms with van der Waals surface area (Å²) >= 11 is 4.77. The Morgan fingerprint density at radius 3 is 2.97 bits per heavy atom. The molecule has 0 aliphatic heterocycles. The van der Waals surface area contributed by atoms with Crippen LogP contribution < -0.4 is 10.1 Å². The summed E-state index contributed by atoms with van der Waals surface area (Å²) in [6.45, 7) is 4.36. The number of ether oxygens (including phenoxy) is 1. The minimum Gasteiger partial charge on any atom is -0.494 e. The summed E-state index contributed by atoms with van der Waals surface area (Å²) in [4.78, 5) is 5.40. The smallest absolute Gasteiger partial charge is 0.122 e. The number of rotatable bonds is 10. The lowest BCUT2D eigenvalue weighted by Crippen LogP contribution is -2.25. The van der Waals surface area contributed by atoms with Gasteiger partial charge in [0.1, 0.15) is 11.6 Å². The van der Waals surface area contributed by atoms with Gasteiger partial charge in [-0.3, -0.25) is 0 Å². The molecule has 5 nitrogen and oxygen atoms in total. The SMILES string of the molecule is CCOc1ccccc1CC/C=C(\C#N)C1=C(S)CC(CNCc2nccn2C)CC1. The number of hydrogen-bond donors (Lipinski definition) is 2. The van der Waals surface area contributed by atoms with Gasteiger partial charge in [0.25, 0.3) is 0 Å². The first-order chi connectivity index (χ1) is 15.1. The van der Waals surface area contributed by atoms with Crippen molar-refractivity contribution in [1.29, 1.82) is 5.26 Å². The van der Waals surface area contributed by atoms with E-state index in [1.807, 2.05) is 49.1 Å². The average Bonchev–Trinajstić information content (AvgIpc) is 3.18. The van der Waals surface area contributed by atoms with Crippen molar-refractivity contribution in [1.82, 2.24) is 14.9 Å². The van der Waals surface area contributed by atoms with E-state index in [2.05, 4.69) is 28.5 Å². The van der Waals surface area contributed by atoms with Crippen LogP contribution in [0.4, 0.5) is 0 Å². The van der Waals surface area contributed by atoms with Gasteiger partial charge >= 0.3 is 0 Å². The molecule has 1 aromatic carbocycles. The number of imidazole rings is 1. The van der Waals surface area contributed by atoms with Crippen LogP contribution in [0.1, 0.15) is 44.0 Å². The van der Waals surface area contributed by atoms with Gasteiger partial charge in [0.15, 0.2) is 0 Å². The summed E-state index contributed by atoms with van der Waals surface area (Å²) in [5.41, 5.74) is 3.07. The Bertz CT molecular complexity index is 970. The second-order valence-corrected chi connectivity index (χ2v) is 8.47. The Balaban J connectivity index is 1.54. The number of para-hydroxylation sites is 1. The molecule has 2 aromatic rings. The summed E-state index contributed by atoms with van der Waals surface area (Å²) in [7, 11) is 2.01. The monoisotopic (exact) mass is 436 g/mol. The van der Waals surface area contributed by atoms with E-state index < -0.39 is 0 Å². The van der Waals surface area contributed by atoms with E-state index in [1.165, 1.54) is 5.56 Å². The third kappa shape index (κ3) is 6.49. The number of nitrogens with zero attached hydrogens (tertiary/aromatic N) is 3. The lowest BCUT2D eigenvalue weighted by Gasteiger charge is -2.25. The van der Waals surface area contributed by atoms with Crippen molar-refractivity contribution < 1.29 is 4.74 Å². The van der Waals surface area contributed by atoms with Crippen LogP contribution >= 0.6 is 12.6 Å². The van der Waals surface area contributed by atoms with Crippen LogP contribution in [-0.4, -0.2) is 22.7 Å². The molecule has 1 atom stereocenters. The summed E-state index contributed by atoms with van der Waals surface area (Å²) in [6.07, 6.45) is 10.4. The molecule has 0 fully saturated rings. The molecule has 1 aliphatic rings. The molecule has 1 heterocycles. The Kier molecular flexibility index (Phi) is 8.81. The fraction of sp³-hybridized carbons (Fsp3) is 0.440. The number of thiol groups is 1. The summed E-state index contributed by atoms with van der Waals surface area (Å²) in [6, 6.07) is 10.5. The number of nitriles is 1. The summed E-state index contributed by atoms with van der Waals surface area (Å²) in [5.74, 6) is 2.51. The maximum absolute atomic E-state index is 9.74. The maximum atomic E-state index is 9.74. The fourth-order valence-corrected chi connectivity index (χ4v) is 4.52. The molecule has 1 aliphatic carbocycles. The number of aryl methyl sites for hydroxylation is 2. The highest BCUT2D eigenvalue weighted by atomic mass is 32.1.